The number of urea groups is 1. The van der Waals surface area contributed by atoms with Gasteiger partial charge in [0.05, 0.1) is 44.6 Å². The Morgan fingerprint density at radius 1 is 0.791 bits per heavy atom. The van der Waals surface area contributed by atoms with Gasteiger partial charge in [0.1, 0.15) is 24.4 Å². The van der Waals surface area contributed by atoms with Gasteiger partial charge < -0.3 is 34.3 Å². The third kappa shape index (κ3) is 7.88. The summed E-state index contributed by atoms with van der Waals surface area (Å²) in [6, 6.07) is 28.3. The molecule has 0 saturated carbocycles. The molecule has 0 aliphatic carbocycles. The molecule has 0 spiro atoms. The van der Waals surface area contributed by atoms with E-state index in [-0.39, 0.29) is 25.4 Å². The normalized spacial score (nSPS) is 23.5. The number of allylic oxidation sites excluding steroid dienone is 1. The lowest BCUT2D eigenvalue weighted by Gasteiger charge is -2.34. The lowest BCUT2D eigenvalue weighted by molar-refractivity contribution is -0.140. The Labute approximate surface area is 252 Å². The molecule has 0 aromatic heterocycles. The fourth-order valence-electron chi connectivity index (χ4n) is 5.41. The van der Waals surface area contributed by atoms with Crippen molar-refractivity contribution in [3.63, 3.8) is 0 Å². The van der Waals surface area contributed by atoms with Gasteiger partial charge in [0, 0.05) is 5.70 Å². The molecule has 2 N–H and O–H groups in total. The highest BCUT2D eigenvalue weighted by Crippen LogP contribution is 2.34. The fourth-order valence-corrected chi connectivity index (χ4v) is 5.41. The maximum absolute atomic E-state index is 13.1. The average molecular weight is 587 g/mol. The molecule has 2 heterocycles. The summed E-state index contributed by atoms with van der Waals surface area (Å²) in [5, 5.41) is 5.59. The summed E-state index contributed by atoms with van der Waals surface area (Å²) in [5.74, 6) is -0.534. The van der Waals surface area contributed by atoms with Crippen molar-refractivity contribution < 1.29 is 33.3 Å². The van der Waals surface area contributed by atoms with Crippen molar-refractivity contribution in [2.45, 2.75) is 64.1 Å². The minimum Gasteiger partial charge on any atom is -0.463 e. The summed E-state index contributed by atoms with van der Waals surface area (Å²) in [4.78, 5) is 25.8. The molecule has 3 aromatic rings. The second-order valence-corrected chi connectivity index (χ2v) is 10.5. The van der Waals surface area contributed by atoms with Gasteiger partial charge in [-0.3, -0.25) is 0 Å². The zero-order valence-corrected chi connectivity index (χ0v) is 24.4. The molecule has 1 fully saturated rings. The van der Waals surface area contributed by atoms with Crippen LogP contribution in [0.2, 0.25) is 0 Å². The zero-order chi connectivity index (χ0) is 30.0. The second kappa shape index (κ2) is 14.9. The van der Waals surface area contributed by atoms with Crippen molar-refractivity contribution >= 4 is 12.0 Å². The van der Waals surface area contributed by atoms with Gasteiger partial charge in [-0.25, -0.2) is 9.59 Å². The van der Waals surface area contributed by atoms with Crippen molar-refractivity contribution in [2.24, 2.45) is 0 Å². The van der Waals surface area contributed by atoms with Crippen LogP contribution in [-0.2, 0) is 48.3 Å². The number of carbonyl (C=O) groups is 2. The summed E-state index contributed by atoms with van der Waals surface area (Å²) in [5.41, 5.74) is 3.69. The number of esters is 1. The lowest BCUT2D eigenvalue weighted by atomic mass is 9.93. The molecule has 2 amide bonds. The van der Waals surface area contributed by atoms with E-state index in [9.17, 15) is 9.59 Å². The van der Waals surface area contributed by atoms with Crippen LogP contribution in [0.15, 0.2) is 102 Å². The van der Waals surface area contributed by atoms with Gasteiger partial charge >= 0.3 is 12.0 Å². The van der Waals surface area contributed by atoms with Crippen LogP contribution in [0.5, 0.6) is 0 Å². The van der Waals surface area contributed by atoms with Gasteiger partial charge in [-0.1, -0.05) is 91.0 Å². The molecule has 0 bridgehead atoms. The number of ether oxygens (including phenoxy) is 5. The first-order valence-electron chi connectivity index (χ1n) is 14.6. The van der Waals surface area contributed by atoms with Gasteiger partial charge in [0.25, 0.3) is 0 Å². The smallest absolute Gasteiger partial charge is 0.337 e. The first kappa shape index (κ1) is 30.4. The molecule has 9 nitrogen and oxygen atoms in total. The predicted molar refractivity (Wildman–Crippen MR) is 160 cm³/mol. The largest absolute Gasteiger partial charge is 0.463 e. The highest BCUT2D eigenvalue weighted by Gasteiger charge is 2.52. The van der Waals surface area contributed by atoms with Gasteiger partial charge in [-0.15, -0.1) is 0 Å². The number of rotatable bonds is 13. The predicted octanol–water partition coefficient (Wildman–Crippen LogP) is 4.66. The lowest BCUT2D eigenvalue weighted by Crippen LogP contribution is -2.58. The summed E-state index contributed by atoms with van der Waals surface area (Å²) in [6.07, 6.45) is -2.54. The number of amides is 2. The standard InChI is InChI=1S/C34H38N2O7/c1-3-40-33(37)28-23(2)35-34(38)36-29(28)31-32(42-21-26-17-11-6-12-18-26)30(41-20-25-15-9-5-10-16-25)27(43-31)22-39-19-24-13-7-4-8-14-24/h4-18,27,29-32H,3,19-22H2,1-2H3,(H2,35,36,38)/t27-,29-,30-,31+,32-/m1/s1. The zero-order valence-electron chi connectivity index (χ0n) is 24.4. The van der Waals surface area contributed by atoms with Crippen molar-refractivity contribution in [3.05, 3.63) is 119 Å². The topological polar surface area (TPSA) is 104 Å². The Hall–Kier alpha value is -4.02. The Balaban J connectivity index is 1.45. The van der Waals surface area contributed by atoms with E-state index < -0.39 is 42.5 Å². The molecule has 226 valence electrons. The van der Waals surface area contributed by atoms with Gasteiger partial charge in [-0.2, -0.15) is 0 Å². The summed E-state index contributed by atoms with van der Waals surface area (Å²) in [6.45, 7) is 4.81. The number of hydrogen-bond acceptors (Lipinski definition) is 7. The van der Waals surface area contributed by atoms with Gasteiger partial charge in [0.2, 0.25) is 0 Å². The molecule has 2 aliphatic rings. The first-order valence-corrected chi connectivity index (χ1v) is 14.6. The average Bonchev–Trinajstić information content (AvgIpc) is 3.37. The Morgan fingerprint density at radius 2 is 1.33 bits per heavy atom. The molecule has 0 radical (unpaired) electrons. The quantitative estimate of drug-likeness (QED) is 0.281. The third-order valence-corrected chi connectivity index (χ3v) is 7.44. The molecule has 43 heavy (non-hydrogen) atoms. The number of carbonyl (C=O) groups excluding carboxylic acids is 2. The van der Waals surface area contributed by atoms with E-state index >= 15 is 0 Å². The van der Waals surface area contributed by atoms with Crippen LogP contribution in [0.3, 0.4) is 0 Å². The maximum Gasteiger partial charge on any atom is 0.337 e. The number of benzene rings is 3. The molecule has 5 rings (SSSR count). The van der Waals surface area contributed by atoms with E-state index in [0.717, 1.165) is 16.7 Å². The molecule has 1 saturated heterocycles. The van der Waals surface area contributed by atoms with Crippen molar-refractivity contribution in [1.29, 1.82) is 0 Å². The van der Waals surface area contributed by atoms with E-state index in [1.54, 1.807) is 13.8 Å². The molecule has 9 heteroatoms. The summed E-state index contributed by atoms with van der Waals surface area (Å²) in [7, 11) is 0. The van der Waals surface area contributed by atoms with Crippen LogP contribution in [0.25, 0.3) is 0 Å². The highest BCUT2D eigenvalue weighted by atomic mass is 16.6. The van der Waals surface area contributed by atoms with Crippen LogP contribution in [0, 0.1) is 0 Å². The second-order valence-electron chi connectivity index (χ2n) is 10.5. The monoisotopic (exact) mass is 586 g/mol. The van der Waals surface area contributed by atoms with Gasteiger partial charge in [0.15, 0.2) is 0 Å². The molecule has 5 atom stereocenters. The molecule has 0 unspecified atom stereocenters. The fraction of sp³-hybridized carbons (Fsp3) is 0.353. The molecule has 3 aromatic carbocycles. The van der Waals surface area contributed by atoms with E-state index in [0.29, 0.717) is 18.9 Å². The van der Waals surface area contributed by atoms with Crippen LogP contribution in [0.1, 0.15) is 30.5 Å². The Kier molecular flexibility index (Phi) is 10.6. The van der Waals surface area contributed by atoms with Crippen molar-refractivity contribution in [3.8, 4) is 0 Å². The number of nitrogens with one attached hydrogen (secondary N) is 2. The van der Waals surface area contributed by atoms with Crippen molar-refractivity contribution in [2.75, 3.05) is 13.2 Å². The van der Waals surface area contributed by atoms with E-state index in [2.05, 4.69) is 10.6 Å². The summed E-state index contributed by atoms with van der Waals surface area (Å²) < 4.78 is 31.2. The van der Waals surface area contributed by atoms with Gasteiger partial charge in [-0.05, 0) is 30.5 Å². The van der Waals surface area contributed by atoms with E-state index in [1.165, 1.54) is 0 Å². The van der Waals surface area contributed by atoms with E-state index in [1.807, 2.05) is 91.0 Å². The number of hydrogen-bond donors (Lipinski definition) is 2. The van der Waals surface area contributed by atoms with E-state index in [4.69, 9.17) is 23.7 Å². The van der Waals surface area contributed by atoms with Crippen LogP contribution < -0.4 is 10.6 Å². The third-order valence-electron chi connectivity index (χ3n) is 7.44. The van der Waals surface area contributed by atoms with Crippen LogP contribution in [0.4, 0.5) is 4.79 Å². The minimum atomic E-state index is -0.837. The van der Waals surface area contributed by atoms with Crippen LogP contribution in [-0.4, -0.2) is 55.7 Å². The Bertz CT molecular complexity index is 1370. The maximum atomic E-state index is 13.1. The van der Waals surface area contributed by atoms with Crippen LogP contribution >= 0.6 is 0 Å². The SMILES string of the molecule is CCOC(=O)C1=C(C)NC(=O)N[C@H]1[C@@H]1O[C@H](COCc2ccccc2)[C@@H](OCc2ccccc2)[C@H]1OCc1ccccc1. The first-order chi connectivity index (χ1) is 21.0. The minimum absolute atomic E-state index is 0.189. The Morgan fingerprint density at radius 3 is 1.88 bits per heavy atom. The molecular formula is C34H38N2O7. The highest BCUT2D eigenvalue weighted by molar-refractivity contribution is 5.94. The molecule has 2 aliphatic heterocycles. The van der Waals surface area contributed by atoms with Crippen molar-refractivity contribution in [1.82, 2.24) is 10.6 Å². The molecular weight excluding hydrogens is 548 g/mol. The summed E-state index contributed by atoms with van der Waals surface area (Å²) >= 11 is 0.